The summed E-state index contributed by atoms with van der Waals surface area (Å²) in [7, 11) is 0. The van der Waals surface area contributed by atoms with E-state index in [-0.39, 0.29) is 36.2 Å². The fourth-order valence-electron chi connectivity index (χ4n) is 11.8. The third-order valence-electron chi connectivity index (χ3n) is 15.1. The smallest absolute Gasteiger partial charge is 0.408 e. The van der Waals surface area contributed by atoms with E-state index in [0.717, 1.165) is 55.3 Å². The van der Waals surface area contributed by atoms with Crippen molar-refractivity contribution in [2.24, 2.45) is 46.3 Å². The van der Waals surface area contributed by atoms with Crippen molar-refractivity contribution in [3.05, 3.63) is 11.6 Å². The van der Waals surface area contributed by atoms with E-state index in [1.54, 1.807) is 4.90 Å². The lowest BCUT2D eigenvalue weighted by Gasteiger charge is -2.58. The van der Waals surface area contributed by atoms with Crippen LogP contribution in [0.3, 0.4) is 0 Å². The van der Waals surface area contributed by atoms with E-state index in [2.05, 4.69) is 51.3 Å². The molecule has 4 aliphatic carbocycles. The molecule has 0 saturated heterocycles. The Kier molecular flexibility index (Phi) is 16.6. The average molecular weight is 856 g/mol. The minimum atomic E-state index is -0.671. The maximum Gasteiger partial charge on any atom is 0.408 e. The van der Waals surface area contributed by atoms with Gasteiger partial charge in [0.15, 0.2) is 0 Å². The SMILES string of the molecule is CC(C)CCCC(C)C1CCC2C3CC=C4CC(OC(=O)CCC(=O)N(CCC(C)(C)NC(=O)OC(C)(C)C)CCC(C)(C)NC(=O)OC(C)(C)C)CCC4(C)C3CCC12C. The van der Waals surface area contributed by atoms with Gasteiger partial charge in [-0.15, -0.1) is 0 Å². The largest absolute Gasteiger partial charge is 0.462 e. The number of carbonyl (C=O) groups excluding carboxylic acids is 4. The Balaban J connectivity index is 1.34. The van der Waals surface area contributed by atoms with E-state index in [0.29, 0.717) is 37.3 Å². The molecule has 0 aromatic carbocycles. The third-order valence-corrected chi connectivity index (χ3v) is 15.1. The maximum atomic E-state index is 13.9. The van der Waals surface area contributed by atoms with Crippen LogP contribution in [-0.4, -0.2) is 70.4 Å². The molecule has 0 spiro atoms. The number of fused-ring (bicyclic) bond motifs is 5. The number of carbonyl (C=O) groups is 4. The molecule has 8 unspecified atom stereocenters. The quantitative estimate of drug-likeness (QED) is 0.0848. The van der Waals surface area contributed by atoms with Gasteiger partial charge in [0, 0.05) is 37.0 Å². The number of nitrogens with zero attached hydrogens (tertiary/aromatic N) is 1. The summed E-state index contributed by atoms with van der Waals surface area (Å²) in [5.41, 5.74) is -0.500. The van der Waals surface area contributed by atoms with Crippen molar-refractivity contribution < 1.29 is 33.4 Å². The Morgan fingerprint density at radius 3 is 1.87 bits per heavy atom. The second-order valence-electron chi connectivity index (χ2n) is 24.0. The molecule has 3 fully saturated rings. The minimum absolute atomic E-state index is 0.00325. The van der Waals surface area contributed by atoms with Crippen molar-refractivity contribution in [1.29, 1.82) is 0 Å². The number of hydrogen-bond acceptors (Lipinski definition) is 7. The predicted octanol–water partition coefficient (Wildman–Crippen LogP) is 11.9. The van der Waals surface area contributed by atoms with E-state index in [4.69, 9.17) is 14.2 Å². The first-order valence-corrected chi connectivity index (χ1v) is 24.2. The summed E-state index contributed by atoms with van der Waals surface area (Å²) >= 11 is 0. The van der Waals surface area contributed by atoms with Gasteiger partial charge in [-0.25, -0.2) is 9.59 Å². The summed E-state index contributed by atoms with van der Waals surface area (Å²) in [5.74, 6) is 4.21. The summed E-state index contributed by atoms with van der Waals surface area (Å²) in [5, 5.41) is 5.87. The van der Waals surface area contributed by atoms with E-state index in [1.165, 1.54) is 50.5 Å². The molecule has 0 aromatic rings. The Morgan fingerprint density at radius 2 is 1.33 bits per heavy atom. The Hall–Kier alpha value is -2.78. The normalized spacial score (nSPS) is 28.4. The molecule has 0 bridgehead atoms. The Bertz CT molecular complexity index is 1510. The van der Waals surface area contributed by atoms with E-state index < -0.39 is 34.5 Å². The van der Waals surface area contributed by atoms with Crippen LogP contribution in [0.25, 0.3) is 0 Å². The molecule has 0 aliphatic heterocycles. The number of rotatable bonds is 17. The standard InChI is InChI=1S/C51H89N3O7/c1-34(2)17-16-18-35(3)39-21-22-40-38-20-19-36-33-37(25-27-50(36,14)41(38)26-28-51(39,40)15)59-43(56)24-23-42(55)54(31-29-48(10,11)52-44(57)60-46(4,5)6)32-30-49(12,13)53-45(58)61-47(7,8)9/h19,34-35,37-41H,16-18,20-33H2,1-15H3,(H,52,57)(H,53,58). The van der Waals surface area contributed by atoms with Crippen LogP contribution in [-0.2, 0) is 23.8 Å². The van der Waals surface area contributed by atoms with Gasteiger partial charge in [-0.1, -0.05) is 65.5 Å². The van der Waals surface area contributed by atoms with Crippen LogP contribution >= 0.6 is 0 Å². The van der Waals surface area contributed by atoms with Gasteiger partial charge in [0.2, 0.25) is 5.91 Å². The zero-order valence-electron chi connectivity index (χ0n) is 41.4. The van der Waals surface area contributed by atoms with Gasteiger partial charge in [-0.2, -0.15) is 0 Å². The first-order valence-electron chi connectivity index (χ1n) is 24.2. The lowest BCUT2D eigenvalue weighted by molar-refractivity contribution is -0.153. The van der Waals surface area contributed by atoms with Crippen LogP contribution in [0.1, 0.15) is 200 Å². The molecule has 3 saturated carbocycles. The maximum absolute atomic E-state index is 13.9. The fraction of sp³-hybridized carbons (Fsp3) is 0.882. The molecule has 61 heavy (non-hydrogen) atoms. The van der Waals surface area contributed by atoms with Crippen molar-refractivity contribution >= 4 is 24.1 Å². The molecule has 350 valence electrons. The van der Waals surface area contributed by atoms with Gasteiger partial charge in [0.25, 0.3) is 0 Å². The zero-order chi connectivity index (χ0) is 45.8. The van der Waals surface area contributed by atoms with Gasteiger partial charge in [0.05, 0.1) is 6.42 Å². The molecule has 0 radical (unpaired) electrons. The summed E-state index contributed by atoms with van der Waals surface area (Å²) in [6.07, 6.45) is 15.6. The van der Waals surface area contributed by atoms with Gasteiger partial charge in [0.1, 0.15) is 17.3 Å². The number of hydrogen-bond donors (Lipinski definition) is 2. The molecule has 4 rings (SSSR count). The third kappa shape index (κ3) is 14.4. The van der Waals surface area contributed by atoms with Gasteiger partial charge in [-0.3, -0.25) is 9.59 Å². The molecule has 10 heteroatoms. The predicted molar refractivity (Wildman–Crippen MR) is 245 cm³/mol. The number of amides is 3. The molecular weight excluding hydrogens is 767 g/mol. The van der Waals surface area contributed by atoms with Gasteiger partial charge < -0.3 is 29.7 Å². The van der Waals surface area contributed by atoms with Crippen LogP contribution in [0.5, 0.6) is 0 Å². The molecule has 3 amide bonds. The number of alkyl carbamates (subject to hydrolysis) is 2. The number of allylic oxidation sites excluding steroid dienone is 1. The van der Waals surface area contributed by atoms with Gasteiger partial charge >= 0.3 is 18.2 Å². The number of esters is 1. The summed E-state index contributed by atoms with van der Waals surface area (Å²) in [4.78, 5) is 54.3. The van der Waals surface area contributed by atoms with Crippen LogP contribution < -0.4 is 10.6 Å². The topological polar surface area (TPSA) is 123 Å². The van der Waals surface area contributed by atoms with Crippen LogP contribution in [0, 0.1) is 46.3 Å². The molecular formula is C51H89N3O7. The first kappa shape index (κ1) is 50.9. The second kappa shape index (κ2) is 19.9. The molecule has 8 atom stereocenters. The Morgan fingerprint density at radius 1 is 0.754 bits per heavy atom. The van der Waals surface area contributed by atoms with Crippen LogP contribution in [0.4, 0.5) is 9.59 Å². The zero-order valence-corrected chi connectivity index (χ0v) is 41.4. The lowest BCUT2D eigenvalue weighted by Crippen LogP contribution is -2.51. The first-order chi connectivity index (χ1) is 28.0. The summed E-state index contributed by atoms with van der Waals surface area (Å²) in [6.45, 7) is 31.6. The average Bonchev–Trinajstić information content (AvgIpc) is 3.45. The Labute approximate surface area is 371 Å². The van der Waals surface area contributed by atoms with Crippen molar-refractivity contribution in [2.75, 3.05) is 13.1 Å². The molecule has 0 heterocycles. The summed E-state index contributed by atoms with van der Waals surface area (Å²) < 4.78 is 17.1. The monoisotopic (exact) mass is 856 g/mol. The fourth-order valence-corrected chi connectivity index (χ4v) is 11.8. The highest BCUT2D eigenvalue weighted by molar-refractivity contribution is 5.81. The van der Waals surface area contributed by atoms with Crippen molar-refractivity contribution in [1.82, 2.24) is 15.5 Å². The van der Waals surface area contributed by atoms with E-state index in [9.17, 15) is 19.2 Å². The van der Waals surface area contributed by atoms with Crippen LogP contribution in [0.15, 0.2) is 11.6 Å². The van der Waals surface area contributed by atoms with Crippen LogP contribution in [0.2, 0.25) is 0 Å². The minimum Gasteiger partial charge on any atom is -0.462 e. The second-order valence-corrected chi connectivity index (χ2v) is 24.0. The highest BCUT2D eigenvalue weighted by Crippen LogP contribution is 2.67. The molecule has 10 nitrogen and oxygen atoms in total. The highest BCUT2D eigenvalue weighted by atomic mass is 16.6. The van der Waals surface area contributed by atoms with E-state index >= 15 is 0 Å². The molecule has 0 aromatic heterocycles. The highest BCUT2D eigenvalue weighted by Gasteiger charge is 2.59. The molecule has 2 N–H and O–H groups in total. The molecule has 4 aliphatic rings. The van der Waals surface area contributed by atoms with Crippen molar-refractivity contribution in [2.45, 2.75) is 229 Å². The van der Waals surface area contributed by atoms with E-state index in [1.807, 2.05) is 69.2 Å². The van der Waals surface area contributed by atoms with Crippen molar-refractivity contribution in [3.63, 3.8) is 0 Å². The lowest BCUT2D eigenvalue weighted by atomic mass is 9.47. The number of ether oxygens (including phenoxy) is 3. The van der Waals surface area contributed by atoms with Gasteiger partial charge in [-0.05, 0) is 173 Å². The summed E-state index contributed by atoms with van der Waals surface area (Å²) in [6, 6.07) is 0. The number of nitrogens with one attached hydrogen (secondary N) is 2. The van der Waals surface area contributed by atoms with Crippen molar-refractivity contribution in [3.8, 4) is 0 Å².